The Balaban J connectivity index is 0.974. The summed E-state index contributed by atoms with van der Waals surface area (Å²) in [4.78, 5) is 14.0. The van der Waals surface area contributed by atoms with Gasteiger partial charge >= 0.3 is 0 Å². The Bertz CT molecular complexity index is 1920. The Hall–Kier alpha value is -3.06. The summed E-state index contributed by atoms with van der Waals surface area (Å²) in [5, 5.41) is 0.631. The number of piperidine rings is 2. The molecule has 0 spiro atoms. The Kier molecular flexibility index (Phi) is 20.7. The van der Waals surface area contributed by atoms with Gasteiger partial charge in [-0.25, -0.2) is 17.2 Å². The molecule has 358 valence electrons. The molecule has 0 N–H and O–H groups in total. The summed E-state index contributed by atoms with van der Waals surface area (Å²) in [6.07, 6.45) is 28.3. The number of piperazine rings is 1. The van der Waals surface area contributed by atoms with Crippen molar-refractivity contribution in [2.24, 2.45) is 0 Å². The first-order valence-electron chi connectivity index (χ1n) is 25.5. The molecule has 0 radical (unpaired) electrons. The van der Waals surface area contributed by atoms with Gasteiger partial charge in [0.05, 0.1) is 29.8 Å². The molecule has 0 aliphatic carbocycles. The molecule has 3 fully saturated rings. The van der Waals surface area contributed by atoms with Gasteiger partial charge in [-0.05, 0) is 82.1 Å². The van der Waals surface area contributed by atoms with Gasteiger partial charge < -0.3 is 19.3 Å². The number of pyridine rings is 1. The fourth-order valence-electron chi connectivity index (χ4n) is 10.4. The third-order valence-electron chi connectivity index (χ3n) is 14.5. The molecule has 0 saturated carbocycles. The minimum atomic E-state index is -4.40. The molecule has 2 aromatic carbocycles. The van der Waals surface area contributed by atoms with Crippen LogP contribution in [0.2, 0.25) is 0 Å². The van der Waals surface area contributed by atoms with Crippen molar-refractivity contribution in [2.75, 3.05) is 77.5 Å². The number of sulfone groups is 1. The minimum absolute atomic E-state index is 0.0688. The highest BCUT2D eigenvalue weighted by atomic mass is 32.2. The summed E-state index contributed by atoms with van der Waals surface area (Å²) in [6, 6.07) is 8.30. The molecule has 4 heterocycles. The largest absolute Gasteiger partial charge is 0.497 e. The third-order valence-corrected chi connectivity index (χ3v) is 16.2. The molecular formula is C52H81F2N5O4S. The van der Waals surface area contributed by atoms with Gasteiger partial charge in [-0.3, -0.25) is 14.8 Å². The van der Waals surface area contributed by atoms with Crippen LogP contribution in [0.4, 0.5) is 14.5 Å². The van der Waals surface area contributed by atoms with Crippen LogP contribution in [0.25, 0.3) is 10.9 Å². The Morgan fingerprint density at radius 3 is 1.61 bits per heavy atom. The quantitative estimate of drug-likeness (QED) is 0.0695. The number of ether oxygens (including phenoxy) is 2. The number of fused-ring (bicyclic) bond motifs is 1. The van der Waals surface area contributed by atoms with Crippen molar-refractivity contribution in [3.05, 3.63) is 48.2 Å². The van der Waals surface area contributed by atoms with Gasteiger partial charge in [0.25, 0.3) is 0 Å². The van der Waals surface area contributed by atoms with E-state index < -0.39 is 32.1 Å². The Morgan fingerprint density at radius 2 is 1.12 bits per heavy atom. The van der Waals surface area contributed by atoms with Gasteiger partial charge in [0.2, 0.25) is 9.84 Å². The van der Waals surface area contributed by atoms with E-state index in [-0.39, 0.29) is 11.5 Å². The summed E-state index contributed by atoms with van der Waals surface area (Å²) in [6.45, 7) is 13.8. The second kappa shape index (κ2) is 26.3. The minimum Gasteiger partial charge on any atom is -0.497 e. The maximum Gasteiger partial charge on any atom is 0.210 e. The first-order valence-corrected chi connectivity index (χ1v) is 27.0. The van der Waals surface area contributed by atoms with E-state index in [1.807, 2.05) is 12.1 Å². The van der Waals surface area contributed by atoms with Crippen molar-refractivity contribution >= 4 is 26.4 Å². The molecule has 1 aromatic heterocycles. The molecule has 3 aromatic rings. The van der Waals surface area contributed by atoms with E-state index in [2.05, 4.69) is 38.4 Å². The van der Waals surface area contributed by atoms with Gasteiger partial charge in [-0.15, -0.1) is 0 Å². The van der Waals surface area contributed by atoms with Gasteiger partial charge in [0.1, 0.15) is 10.6 Å². The molecular weight excluding hydrogens is 829 g/mol. The van der Waals surface area contributed by atoms with Crippen molar-refractivity contribution in [1.29, 1.82) is 0 Å². The summed E-state index contributed by atoms with van der Waals surface area (Å²) < 4.78 is 71.3. The molecule has 12 heteroatoms. The lowest BCUT2D eigenvalue weighted by Gasteiger charge is -2.46. The molecule has 0 amide bonds. The lowest BCUT2D eigenvalue weighted by atomic mass is 9.99. The summed E-state index contributed by atoms with van der Waals surface area (Å²) >= 11 is 0. The van der Waals surface area contributed by atoms with Crippen LogP contribution in [-0.4, -0.2) is 113 Å². The molecule has 9 nitrogen and oxygen atoms in total. The fourth-order valence-corrected chi connectivity index (χ4v) is 11.9. The average molecular weight is 910 g/mol. The second-order valence-electron chi connectivity index (χ2n) is 18.9. The first-order chi connectivity index (χ1) is 31.2. The van der Waals surface area contributed by atoms with Gasteiger partial charge in [0, 0.05) is 62.9 Å². The van der Waals surface area contributed by atoms with Gasteiger partial charge in [0.15, 0.2) is 17.4 Å². The van der Waals surface area contributed by atoms with Crippen LogP contribution < -0.4 is 14.4 Å². The van der Waals surface area contributed by atoms with Crippen LogP contribution >= 0.6 is 0 Å². The first kappa shape index (κ1) is 50.4. The van der Waals surface area contributed by atoms with Crippen molar-refractivity contribution in [2.45, 2.75) is 177 Å². The van der Waals surface area contributed by atoms with Crippen molar-refractivity contribution < 1.29 is 26.7 Å². The number of halogens is 2. The van der Waals surface area contributed by atoms with Crippen LogP contribution in [0.3, 0.4) is 0 Å². The van der Waals surface area contributed by atoms with Gasteiger partial charge in [-0.1, -0.05) is 123 Å². The summed E-state index contributed by atoms with van der Waals surface area (Å²) in [7, 11) is -2.83. The van der Waals surface area contributed by atoms with Crippen molar-refractivity contribution in [3.8, 4) is 11.5 Å². The maximum atomic E-state index is 15.6. The van der Waals surface area contributed by atoms with E-state index in [0.29, 0.717) is 53.9 Å². The van der Waals surface area contributed by atoms with E-state index in [1.54, 1.807) is 13.2 Å². The normalized spacial score (nSPS) is 17.7. The molecule has 3 aliphatic heterocycles. The topological polar surface area (TPSA) is 78.4 Å². The van der Waals surface area contributed by atoms with E-state index in [9.17, 15) is 8.42 Å². The number of aromatic nitrogens is 1. The maximum absolute atomic E-state index is 15.6. The molecule has 0 unspecified atom stereocenters. The van der Waals surface area contributed by atoms with E-state index in [4.69, 9.17) is 9.47 Å². The fraction of sp³-hybridized carbons (Fsp3) is 0.712. The molecule has 3 aliphatic rings. The highest BCUT2D eigenvalue weighted by molar-refractivity contribution is 7.91. The zero-order valence-electron chi connectivity index (χ0n) is 39.8. The lowest BCUT2D eigenvalue weighted by molar-refractivity contribution is 0.0384. The number of nitrogens with zero attached hydrogens (tertiary/aromatic N) is 5. The SMILES string of the molecule is CCCCCCCCCCCCCCCCCCCCOc1c(F)cc(S(=O)(=O)c2cnc3ccc(OC)cc3c2N2CCC(N3CCN(C4CCN(CC)CC4)CC3)CC2)cc1F. The van der Waals surface area contributed by atoms with E-state index in [0.717, 1.165) is 77.0 Å². The van der Waals surface area contributed by atoms with E-state index >= 15 is 8.78 Å². The number of likely N-dealkylation sites (tertiary alicyclic amines) is 1. The van der Waals surface area contributed by atoms with E-state index in [1.165, 1.54) is 122 Å². The lowest BCUT2D eigenvalue weighted by Crippen LogP contribution is -2.56. The van der Waals surface area contributed by atoms with Gasteiger partial charge in [-0.2, -0.15) is 0 Å². The Labute approximate surface area is 385 Å². The van der Waals surface area contributed by atoms with Crippen LogP contribution in [0, 0.1) is 11.6 Å². The number of unbranched alkanes of at least 4 members (excludes halogenated alkanes) is 17. The number of hydrogen-bond acceptors (Lipinski definition) is 9. The predicted molar refractivity (Wildman–Crippen MR) is 258 cm³/mol. The smallest absolute Gasteiger partial charge is 0.210 e. The highest BCUT2D eigenvalue weighted by Crippen LogP contribution is 2.40. The van der Waals surface area contributed by atoms with Crippen molar-refractivity contribution in [1.82, 2.24) is 19.7 Å². The monoisotopic (exact) mass is 910 g/mol. The van der Waals surface area contributed by atoms with Crippen molar-refractivity contribution in [3.63, 3.8) is 0 Å². The third kappa shape index (κ3) is 14.2. The number of anilines is 1. The summed E-state index contributed by atoms with van der Waals surface area (Å²) in [5.41, 5.74) is 1.12. The predicted octanol–water partition coefficient (Wildman–Crippen LogP) is 11.8. The van der Waals surface area contributed by atoms with Crippen LogP contribution in [0.15, 0.2) is 46.3 Å². The summed E-state index contributed by atoms with van der Waals surface area (Å²) in [5.74, 6) is -2.00. The number of hydrogen-bond donors (Lipinski definition) is 0. The standard InChI is InChI=1S/C52H81F2N5O4S/c1-4-6-7-8-9-10-11-12-13-14-15-16-17-18-19-20-21-22-37-63-52-47(53)39-45(40-48(52)54)64(60,61)50-41-55-49-24-23-44(62-3)38-46(49)51(50)59-31-27-43(28-32-59)58-35-33-57(34-36-58)42-25-29-56(5-2)30-26-42/h23-24,38-43H,4-22,25-37H2,1-3H3. The second-order valence-corrected chi connectivity index (χ2v) is 20.8. The average Bonchev–Trinajstić information content (AvgIpc) is 3.32. The zero-order chi connectivity index (χ0) is 45.2. The number of rotatable bonds is 27. The zero-order valence-corrected chi connectivity index (χ0v) is 40.6. The molecule has 64 heavy (non-hydrogen) atoms. The molecule has 0 bridgehead atoms. The number of benzene rings is 2. The van der Waals surface area contributed by atoms with Crippen LogP contribution in [-0.2, 0) is 9.84 Å². The molecule has 3 saturated heterocycles. The molecule has 0 atom stereocenters. The van der Waals surface area contributed by atoms with Crippen LogP contribution in [0.1, 0.15) is 155 Å². The van der Waals surface area contributed by atoms with Crippen LogP contribution in [0.5, 0.6) is 11.5 Å². The highest BCUT2D eigenvalue weighted by Gasteiger charge is 2.34. The number of methoxy groups -OCH3 is 1. The Morgan fingerprint density at radius 1 is 0.641 bits per heavy atom. The molecule has 6 rings (SSSR count).